The highest BCUT2D eigenvalue weighted by atomic mass is 19.2. The molecule has 0 heterocycles. The van der Waals surface area contributed by atoms with Crippen molar-refractivity contribution in [3.63, 3.8) is 0 Å². The second kappa shape index (κ2) is 9.10. The number of halogens is 2. The van der Waals surface area contributed by atoms with Gasteiger partial charge in [0.15, 0.2) is 11.6 Å². The third kappa shape index (κ3) is 5.94. The molecule has 0 unspecified atom stereocenters. The highest BCUT2D eigenvalue weighted by molar-refractivity contribution is 5.79. The Balaban J connectivity index is 2.58. The zero-order valence-electron chi connectivity index (χ0n) is 12.2. The summed E-state index contributed by atoms with van der Waals surface area (Å²) in [6.45, 7) is 3.65. The highest BCUT2D eigenvalue weighted by Gasteiger charge is 2.19. The lowest BCUT2D eigenvalue weighted by molar-refractivity contribution is -0.141. The molecule has 0 saturated heterocycles. The molecule has 0 aliphatic carbocycles. The van der Waals surface area contributed by atoms with Crippen LogP contribution in [0.1, 0.15) is 32.1 Å². The number of unbranched alkanes of at least 4 members (excludes halogenated alkanes) is 3. The molecule has 0 aromatic heterocycles. The van der Waals surface area contributed by atoms with Gasteiger partial charge in [-0.25, -0.2) is 13.6 Å². The van der Waals surface area contributed by atoms with E-state index < -0.39 is 23.6 Å². The van der Waals surface area contributed by atoms with Gasteiger partial charge in [0, 0.05) is 11.8 Å². The normalized spacial score (nSPS) is 11.8. The molecule has 0 saturated carbocycles. The number of allylic oxidation sites excluding steroid dienone is 1. The Morgan fingerprint density at radius 1 is 1.33 bits per heavy atom. The van der Waals surface area contributed by atoms with Crippen LogP contribution in [0.4, 0.5) is 14.5 Å². The first-order valence-electron chi connectivity index (χ1n) is 6.98. The average Bonchev–Trinajstić information content (AvgIpc) is 2.48. The van der Waals surface area contributed by atoms with E-state index in [0.717, 1.165) is 37.8 Å². The van der Waals surface area contributed by atoms with Crippen LogP contribution < -0.4 is 5.32 Å². The maximum absolute atomic E-state index is 13.2. The second-order valence-corrected chi connectivity index (χ2v) is 4.78. The number of esters is 1. The molecule has 1 atom stereocenters. The van der Waals surface area contributed by atoms with Crippen LogP contribution in [0.25, 0.3) is 0 Å². The molecule has 0 aliphatic rings. The molecule has 0 radical (unpaired) electrons. The summed E-state index contributed by atoms with van der Waals surface area (Å²) in [5.74, 6) is -2.28. The minimum atomic E-state index is -0.949. The predicted molar refractivity (Wildman–Crippen MR) is 79.1 cm³/mol. The maximum Gasteiger partial charge on any atom is 0.328 e. The van der Waals surface area contributed by atoms with Crippen molar-refractivity contribution in [1.29, 1.82) is 0 Å². The van der Waals surface area contributed by atoms with E-state index in [9.17, 15) is 13.6 Å². The van der Waals surface area contributed by atoms with Gasteiger partial charge in [0.05, 0.1) is 7.11 Å². The molecule has 21 heavy (non-hydrogen) atoms. The Bertz CT molecular complexity index is 477. The Morgan fingerprint density at radius 3 is 2.71 bits per heavy atom. The van der Waals surface area contributed by atoms with Crippen LogP contribution in [0.5, 0.6) is 0 Å². The predicted octanol–water partition coefficient (Wildman–Crippen LogP) is 4.05. The van der Waals surface area contributed by atoms with Crippen LogP contribution in [0.2, 0.25) is 0 Å². The van der Waals surface area contributed by atoms with Gasteiger partial charge in [-0.15, -0.1) is 6.58 Å². The quantitative estimate of drug-likeness (QED) is 0.424. The molecule has 116 valence electrons. The Morgan fingerprint density at radius 2 is 2.10 bits per heavy atom. The molecule has 0 spiro atoms. The average molecular weight is 297 g/mol. The topological polar surface area (TPSA) is 38.3 Å². The Hall–Kier alpha value is -1.91. The third-order valence-corrected chi connectivity index (χ3v) is 3.15. The smallest absolute Gasteiger partial charge is 0.328 e. The monoisotopic (exact) mass is 297 g/mol. The number of hydrogen-bond acceptors (Lipinski definition) is 3. The lowest BCUT2D eigenvalue weighted by Crippen LogP contribution is -2.30. The van der Waals surface area contributed by atoms with Crippen molar-refractivity contribution in [1.82, 2.24) is 0 Å². The van der Waals surface area contributed by atoms with Crippen molar-refractivity contribution in [2.24, 2.45) is 0 Å². The van der Waals surface area contributed by atoms with Crippen LogP contribution in [-0.4, -0.2) is 19.1 Å². The molecule has 0 amide bonds. The van der Waals surface area contributed by atoms with Gasteiger partial charge in [0.2, 0.25) is 0 Å². The molecule has 0 fully saturated rings. The van der Waals surface area contributed by atoms with E-state index in [1.54, 1.807) is 0 Å². The molecular weight excluding hydrogens is 276 g/mol. The first kappa shape index (κ1) is 17.1. The van der Waals surface area contributed by atoms with Crippen LogP contribution in [0.3, 0.4) is 0 Å². The number of methoxy groups -OCH3 is 1. The lowest BCUT2D eigenvalue weighted by atomic mass is 10.1. The molecular formula is C16H21F2NO2. The van der Waals surface area contributed by atoms with Crippen LogP contribution in [0, 0.1) is 11.6 Å². The Kier molecular flexibility index (Phi) is 7.43. The number of benzene rings is 1. The van der Waals surface area contributed by atoms with Gasteiger partial charge < -0.3 is 10.1 Å². The van der Waals surface area contributed by atoms with Crippen molar-refractivity contribution in [2.45, 2.75) is 38.1 Å². The zero-order valence-corrected chi connectivity index (χ0v) is 12.2. The summed E-state index contributed by atoms with van der Waals surface area (Å²) in [5, 5.41) is 2.89. The minimum Gasteiger partial charge on any atom is -0.467 e. The van der Waals surface area contributed by atoms with Crippen LogP contribution in [0.15, 0.2) is 30.9 Å². The summed E-state index contributed by atoms with van der Waals surface area (Å²) in [6, 6.07) is 2.88. The maximum atomic E-state index is 13.2. The number of nitrogens with one attached hydrogen (secondary N) is 1. The molecule has 3 nitrogen and oxygen atoms in total. The number of ether oxygens (including phenoxy) is 1. The van der Waals surface area contributed by atoms with E-state index in [1.165, 1.54) is 13.2 Å². The molecule has 1 aromatic rings. The zero-order chi connectivity index (χ0) is 15.7. The van der Waals surface area contributed by atoms with Crippen molar-refractivity contribution >= 4 is 11.7 Å². The highest BCUT2D eigenvalue weighted by Crippen LogP contribution is 2.17. The van der Waals surface area contributed by atoms with Gasteiger partial charge in [-0.05, 0) is 31.4 Å². The van der Waals surface area contributed by atoms with Crippen molar-refractivity contribution in [2.75, 3.05) is 12.4 Å². The fraction of sp³-hybridized carbons (Fsp3) is 0.438. The third-order valence-electron chi connectivity index (χ3n) is 3.15. The molecule has 1 aromatic carbocycles. The number of anilines is 1. The van der Waals surface area contributed by atoms with Crippen molar-refractivity contribution in [3.05, 3.63) is 42.5 Å². The summed E-state index contributed by atoms with van der Waals surface area (Å²) in [7, 11) is 1.31. The fourth-order valence-corrected chi connectivity index (χ4v) is 1.99. The lowest BCUT2D eigenvalue weighted by Gasteiger charge is -2.17. The summed E-state index contributed by atoms with van der Waals surface area (Å²) >= 11 is 0. The van der Waals surface area contributed by atoms with E-state index in [2.05, 4.69) is 11.9 Å². The van der Waals surface area contributed by atoms with Gasteiger partial charge in [0.1, 0.15) is 6.04 Å². The van der Waals surface area contributed by atoms with Gasteiger partial charge in [-0.1, -0.05) is 18.9 Å². The summed E-state index contributed by atoms with van der Waals surface area (Å²) < 4.78 is 30.8. The molecule has 1 N–H and O–H groups in total. The molecule has 0 aliphatic heterocycles. The van der Waals surface area contributed by atoms with Gasteiger partial charge in [0.25, 0.3) is 0 Å². The van der Waals surface area contributed by atoms with Gasteiger partial charge >= 0.3 is 5.97 Å². The van der Waals surface area contributed by atoms with E-state index in [0.29, 0.717) is 12.1 Å². The SMILES string of the molecule is C=CCCCCC[C@H](Nc1ccc(F)c(F)c1)C(=O)OC. The first-order chi connectivity index (χ1) is 10.1. The fourth-order valence-electron chi connectivity index (χ4n) is 1.99. The van der Waals surface area contributed by atoms with E-state index >= 15 is 0 Å². The van der Waals surface area contributed by atoms with Crippen molar-refractivity contribution in [3.8, 4) is 0 Å². The standard InChI is InChI=1S/C16H21F2NO2/c1-3-4-5-6-7-8-15(16(20)21-2)19-12-9-10-13(17)14(18)11-12/h3,9-11,15,19H,1,4-8H2,2H3/t15-/m0/s1. The summed E-state index contributed by atoms with van der Waals surface area (Å²) in [6.07, 6.45) is 6.20. The summed E-state index contributed by atoms with van der Waals surface area (Å²) in [4.78, 5) is 11.7. The molecule has 5 heteroatoms. The van der Waals surface area contributed by atoms with Gasteiger partial charge in [-0.3, -0.25) is 0 Å². The number of hydrogen-bond donors (Lipinski definition) is 1. The second-order valence-electron chi connectivity index (χ2n) is 4.78. The molecule has 0 bridgehead atoms. The minimum absolute atomic E-state index is 0.357. The number of carbonyl (C=O) groups excluding carboxylic acids is 1. The van der Waals surface area contributed by atoms with E-state index in [4.69, 9.17) is 4.74 Å². The largest absolute Gasteiger partial charge is 0.467 e. The van der Waals surface area contributed by atoms with Crippen LogP contribution in [-0.2, 0) is 9.53 Å². The van der Waals surface area contributed by atoms with E-state index in [-0.39, 0.29) is 0 Å². The summed E-state index contributed by atoms with van der Waals surface area (Å²) in [5.41, 5.74) is 0.357. The van der Waals surface area contributed by atoms with E-state index in [1.807, 2.05) is 6.08 Å². The number of carbonyl (C=O) groups is 1. The Labute approximate surface area is 124 Å². The van der Waals surface area contributed by atoms with Gasteiger partial charge in [-0.2, -0.15) is 0 Å². The molecule has 1 rings (SSSR count). The van der Waals surface area contributed by atoms with Crippen molar-refractivity contribution < 1.29 is 18.3 Å². The first-order valence-corrected chi connectivity index (χ1v) is 6.98. The van der Waals surface area contributed by atoms with Crippen LogP contribution >= 0.6 is 0 Å². The number of rotatable bonds is 9.